The Morgan fingerprint density at radius 3 is 2.12 bits per heavy atom. The van der Waals surface area contributed by atoms with E-state index in [1.807, 2.05) is 36.4 Å². The van der Waals surface area contributed by atoms with Gasteiger partial charge < -0.3 is 5.32 Å². The molecule has 0 bridgehead atoms. The highest BCUT2D eigenvalue weighted by Gasteiger charge is 2.40. The van der Waals surface area contributed by atoms with Crippen molar-refractivity contribution in [3.05, 3.63) is 119 Å². The third kappa shape index (κ3) is 5.35. The van der Waals surface area contributed by atoms with Crippen molar-refractivity contribution in [3.8, 4) is 0 Å². The molecule has 1 N–H and O–H groups in total. The Kier molecular flexibility index (Phi) is 7.11. The maximum absolute atomic E-state index is 14.6. The van der Waals surface area contributed by atoms with Crippen LogP contribution < -0.4 is 5.32 Å². The van der Waals surface area contributed by atoms with Crippen LogP contribution >= 0.6 is 22.6 Å². The van der Waals surface area contributed by atoms with Crippen molar-refractivity contribution in [2.75, 3.05) is 5.32 Å². The first-order chi connectivity index (χ1) is 16.3. The molecular formula is C25H19F4IN4. The van der Waals surface area contributed by atoms with E-state index in [9.17, 15) is 17.6 Å². The Bertz CT molecular complexity index is 1190. The summed E-state index contributed by atoms with van der Waals surface area (Å²) in [6.07, 6.45) is 0.142. The number of aromatic nitrogens is 3. The number of anilines is 1. The van der Waals surface area contributed by atoms with Crippen LogP contribution in [0.1, 0.15) is 27.9 Å². The fourth-order valence-electron chi connectivity index (χ4n) is 3.73. The number of hydrogen-bond donors (Lipinski definition) is 1. The number of pyridine rings is 1. The van der Waals surface area contributed by atoms with Gasteiger partial charge in [-0.1, -0.05) is 59.0 Å². The van der Waals surface area contributed by atoms with Gasteiger partial charge in [0.15, 0.2) is 0 Å². The van der Waals surface area contributed by atoms with E-state index < -0.39 is 23.1 Å². The van der Waals surface area contributed by atoms with Crippen molar-refractivity contribution in [2.24, 2.45) is 0 Å². The average Bonchev–Trinajstić information content (AvgIpc) is 2.84. The fourth-order valence-corrected chi connectivity index (χ4v) is 4.18. The zero-order valence-corrected chi connectivity index (χ0v) is 19.9. The molecule has 2 aromatic heterocycles. The Labute approximate surface area is 207 Å². The Balaban J connectivity index is 1.99. The molecule has 4 rings (SSSR count). The molecule has 2 aromatic carbocycles. The molecule has 0 aliphatic heterocycles. The molecule has 0 saturated heterocycles. The van der Waals surface area contributed by atoms with Gasteiger partial charge in [0, 0.05) is 29.4 Å². The highest BCUT2D eigenvalue weighted by atomic mass is 127. The topological polar surface area (TPSA) is 50.7 Å². The lowest BCUT2D eigenvalue weighted by molar-refractivity contribution is -0.137. The summed E-state index contributed by atoms with van der Waals surface area (Å²) < 4.78 is 56.3. The van der Waals surface area contributed by atoms with Crippen LogP contribution in [0.25, 0.3) is 0 Å². The maximum atomic E-state index is 14.6. The molecule has 0 fully saturated rings. The first kappa shape index (κ1) is 24.1. The van der Waals surface area contributed by atoms with Crippen molar-refractivity contribution in [2.45, 2.75) is 22.6 Å². The predicted octanol–water partition coefficient (Wildman–Crippen LogP) is 6.56. The van der Waals surface area contributed by atoms with Gasteiger partial charge in [-0.25, -0.2) is 14.4 Å². The Hall–Kier alpha value is -3.08. The Morgan fingerprint density at radius 1 is 0.794 bits per heavy atom. The van der Waals surface area contributed by atoms with Gasteiger partial charge in [-0.2, -0.15) is 13.2 Å². The van der Waals surface area contributed by atoms with Crippen LogP contribution in [0.2, 0.25) is 0 Å². The number of alkyl halides is 4. The molecule has 0 aliphatic carbocycles. The summed E-state index contributed by atoms with van der Waals surface area (Å²) in [7, 11) is 0. The van der Waals surface area contributed by atoms with Crippen molar-refractivity contribution < 1.29 is 17.6 Å². The molecule has 1 atom stereocenters. The Morgan fingerprint density at radius 2 is 1.50 bits per heavy atom. The molecule has 1 unspecified atom stereocenters. The lowest BCUT2D eigenvalue weighted by Crippen LogP contribution is -2.41. The zero-order chi connectivity index (χ0) is 24.2. The second-order valence-corrected chi connectivity index (χ2v) is 8.44. The van der Waals surface area contributed by atoms with E-state index in [2.05, 4.69) is 42.9 Å². The fraction of sp³-hybridized carbons (Fsp3) is 0.160. The summed E-state index contributed by atoms with van der Waals surface area (Å²) in [6.45, 7) is 0. The van der Waals surface area contributed by atoms with Crippen LogP contribution in [0.4, 0.5) is 23.5 Å². The summed E-state index contributed by atoms with van der Waals surface area (Å²) in [5.41, 5.74) is -0.247. The number of benzene rings is 2. The van der Waals surface area contributed by atoms with Crippen molar-refractivity contribution in [3.63, 3.8) is 0 Å². The molecule has 0 amide bonds. The largest absolute Gasteiger partial charge is 0.416 e. The van der Waals surface area contributed by atoms with Gasteiger partial charge in [-0.3, -0.25) is 4.98 Å². The normalized spacial score (nSPS) is 13.3. The summed E-state index contributed by atoms with van der Waals surface area (Å²) in [4.78, 5) is 13.0. The highest BCUT2D eigenvalue weighted by molar-refractivity contribution is 14.1. The number of hydrogen-bond acceptors (Lipinski definition) is 4. The summed E-state index contributed by atoms with van der Waals surface area (Å²) >= 11 is 2.20. The third-order valence-electron chi connectivity index (χ3n) is 5.34. The minimum Gasteiger partial charge on any atom is -0.339 e. The van der Waals surface area contributed by atoms with Gasteiger partial charge in [0.1, 0.15) is 11.4 Å². The van der Waals surface area contributed by atoms with Gasteiger partial charge in [0.05, 0.1) is 11.3 Å². The van der Waals surface area contributed by atoms with E-state index in [4.69, 9.17) is 0 Å². The molecule has 34 heavy (non-hydrogen) atoms. The minimum absolute atomic E-state index is 0.0610. The van der Waals surface area contributed by atoms with E-state index >= 15 is 0 Å². The number of nitrogens with one attached hydrogen (secondary N) is 1. The van der Waals surface area contributed by atoms with Crippen LogP contribution in [-0.2, 0) is 22.6 Å². The van der Waals surface area contributed by atoms with Crippen LogP contribution in [0, 0.1) is 5.82 Å². The van der Waals surface area contributed by atoms with Gasteiger partial charge in [-0.05, 0) is 47.0 Å². The molecule has 174 valence electrons. The zero-order valence-electron chi connectivity index (χ0n) is 17.7. The highest BCUT2D eigenvalue weighted by Crippen LogP contribution is 2.39. The second-order valence-electron chi connectivity index (χ2n) is 7.68. The van der Waals surface area contributed by atoms with Crippen LogP contribution in [0.3, 0.4) is 0 Å². The van der Waals surface area contributed by atoms with Crippen molar-refractivity contribution >= 4 is 28.5 Å². The van der Waals surface area contributed by atoms with Crippen molar-refractivity contribution in [1.82, 2.24) is 15.0 Å². The molecule has 0 spiro atoms. The first-order valence-electron chi connectivity index (χ1n) is 10.3. The summed E-state index contributed by atoms with van der Waals surface area (Å²) in [6, 6.07) is 17.0. The first-order valence-corrected chi connectivity index (χ1v) is 11.8. The van der Waals surface area contributed by atoms with Gasteiger partial charge in [0.2, 0.25) is 5.95 Å². The van der Waals surface area contributed by atoms with Crippen LogP contribution in [-0.4, -0.2) is 15.0 Å². The van der Waals surface area contributed by atoms with Gasteiger partial charge in [0.25, 0.3) is 0 Å². The quantitative estimate of drug-likeness (QED) is 0.153. The SMILES string of the molecule is Fc1cc(C(F)(F)F)cc(C(Cc2ccccc2)(Nc2ncccn2)c2ccc(CI)cn2)c1. The lowest BCUT2D eigenvalue weighted by Gasteiger charge is -2.36. The van der Waals surface area contributed by atoms with Gasteiger partial charge in [-0.15, -0.1) is 0 Å². The van der Waals surface area contributed by atoms with Crippen LogP contribution in [0.15, 0.2) is 85.3 Å². The van der Waals surface area contributed by atoms with Gasteiger partial charge >= 0.3 is 6.18 Å². The third-order valence-corrected chi connectivity index (χ3v) is 6.22. The minimum atomic E-state index is -4.73. The molecule has 4 nitrogen and oxygen atoms in total. The smallest absolute Gasteiger partial charge is 0.339 e. The number of nitrogens with zero attached hydrogens (tertiary/aromatic N) is 3. The molecule has 2 heterocycles. The molecule has 0 radical (unpaired) electrons. The lowest BCUT2D eigenvalue weighted by atomic mass is 9.79. The summed E-state index contributed by atoms with van der Waals surface area (Å²) in [5.74, 6) is -0.821. The number of halogens is 5. The van der Waals surface area contributed by atoms with E-state index in [1.54, 1.807) is 18.3 Å². The average molecular weight is 578 g/mol. The standard InChI is InChI=1S/C25H19F4IN4/c26-21-12-19(11-20(13-21)25(27,28)29)24(14-17-5-2-1-3-6-17,34-23-31-9-4-10-32-23)22-8-7-18(15-30)16-33-22/h1-13,16H,14-15H2,(H,31,32,34). The molecule has 4 aromatic rings. The van der Waals surface area contributed by atoms with E-state index in [0.717, 1.165) is 23.3 Å². The van der Waals surface area contributed by atoms with E-state index in [1.165, 1.54) is 12.4 Å². The summed E-state index contributed by atoms with van der Waals surface area (Å²) in [5, 5.41) is 3.20. The maximum Gasteiger partial charge on any atom is 0.416 e. The molecule has 9 heteroatoms. The predicted molar refractivity (Wildman–Crippen MR) is 130 cm³/mol. The van der Waals surface area contributed by atoms with E-state index in [0.29, 0.717) is 16.2 Å². The number of rotatable bonds is 7. The second kappa shape index (κ2) is 10.0. The van der Waals surface area contributed by atoms with E-state index in [-0.39, 0.29) is 17.9 Å². The molecular weight excluding hydrogens is 559 g/mol. The monoisotopic (exact) mass is 578 g/mol. The van der Waals surface area contributed by atoms with Crippen molar-refractivity contribution in [1.29, 1.82) is 0 Å². The van der Waals surface area contributed by atoms with Crippen LogP contribution in [0.5, 0.6) is 0 Å². The molecule has 0 saturated carbocycles. The molecule has 0 aliphatic rings.